The zero-order chi connectivity index (χ0) is 15.6. The SMILES string of the molecule is COCCCNC(=O)c1ccnc(NCc2ccccn2)n1. The van der Waals surface area contributed by atoms with E-state index in [2.05, 4.69) is 25.6 Å². The summed E-state index contributed by atoms with van der Waals surface area (Å²) in [5.41, 5.74) is 1.21. The minimum absolute atomic E-state index is 0.223. The lowest BCUT2D eigenvalue weighted by Crippen LogP contribution is -2.26. The summed E-state index contributed by atoms with van der Waals surface area (Å²) < 4.78 is 4.93. The normalized spacial score (nSPS) is 10.2. The van der Waals surface area contributed by atoms with Crippen LogP contribution in [-0.2, 0) is 11.3 Å². The molecule has 0 aliphatic carbocycles. The summed E-state index contributed by atoms with van der Waals surface area (Å²) in [6.45, 7) is 1.66. The van der Waals surface area contributed by atoms with Crippen molar-refractivity contribution in [2.24, 2.45) is 0 Å². The number of ether oxygens (including phenoxy) is 1. The second-order valence-corrected chi connectivity index (χ2v) is 4.54. The van der Waals surface area contributed by atoms with Crippen LogP contribution in [0.5, 0.6) is 0 Å². The topological polar surface area (TPSA) is 89.0 Å². The molecule has 2 aromatic rings. The Labute approximate surface area is 129 Å². The van der Waals surface area contributed by atoms with Gasteiger partial charge in [0.25, 0.3) is 5.91 Å². The monoisotopic (exact) mass is 301 g/mol. The van der Waals surface area contributed by atoms with Crippen LogP contribution in [0.4, 0.5) is 5.95 Å². The molecule has 0 aliphatic heterocycles. The van der Waals surface area contributed by atoms with E-state index in [0.717, 1.165) is 12.1 Å². The molecule has 0 aromatic carbocycles. The van der Waals surface area contributed by atoms with Crippen molar-refractivity contribution in [3.63, 3.8) is 0 Å². The number of nitrogens with zero attached hydrogens (tertiary/aromatic N) is 3. The Kier molecular flexibility index (Phi) is 6.25. The highest BCUT2D eigenvalue weighted by Crippen LogP contribution is 2.03. The molecular weight excluding hydrogens is 282 g/mol. The first-order valence-electron chi connectivity index (χ1n) is 7.03. The third-order valence-corrected chi connectivity index (χ3v) is 2.85. The van der Waals surface area contributed by atoms with E-state index in [0.29, 0.717) is 31.3 Å². The molecular formula is C15H19N5O2. The lowest BCUT2D eigenvalue weighted by molar-refractivity contribution is 0.0943. The van der Waals surface area contributed by atoms with Gasteiger partial charge in [-0.1, -0.05) is 6.07 Å². The van der Waals surface area contributed by atoms with Crippen LogP contribution in [0.3, 0.4) is 0 Å². The first-order valence-corrected chi connectivity index (χ1v) is 7.03. The highest BCUT2D eigenvalue weighted by Gasteiger charge is 2.08. The standard InChI is InChI=1S/C15H19N5O2/c1-22-10-4-8-17-14(21)13-6-9-18-15(20-13)19-11-12-5-2-3-7-16-12/h2-3,5-7,9H,4,8,10-11H2,1H3,(H,17,21)(H,18,19,20). The van der Waals surface area contributed by atoms with Gasteiger partial charge in [-0.05, 0) is 24.6 Å². The number of carbonyl (C=O) groups excluding carboxylic acids is 1. The van der Waals surface area contributed by atoms with Gasteiger partial charge in [-0.3, -0.25) is 9.78 Å². The summed E-state index contributed by atoms with van der Waals surface area (Å²) >= 11 is 0. The molecule has 0 unspecified atom stereocenters. The average molecular weight is 301 g/mol. The van der Waals surface area contributed by atoms with Crippen LogP contribution >= 0.6 is 0 Å². The van der Waals surface area contributed by atoms with Gasteiger partial charge in [-0.25, -0.2) is 9.97 Å². The number of anilines is 1. The van der Waals surface area contributed by atoms with Crippen LogP contribution in [0, 0.1) is 0 Å². The molecule has 0 spiro atoms. The summed E-state index contributed by atoms with van der Waals surface area (Å²) in [7, 11) is 1.63. The van der Waals surface area contributed by atoms with Gasteiger partial charge in [0.1, 0.15) is 5.69 Å². The number of rotatable bonds is 8. The van der Waals surface area contributed by atoms with Crippen LogP contribution in [0.25, 0.3) is 0 Å². The smallest absolute Gasteiger partial charge is 0.270 e. The van der Waals surface area contributed by atoms with Gasteiger partial charge in [-0.15, -0.1) is 0 Å². The van der Waals surface area contributed by atoms with E-state index in [1.165, 1.54) is 0 Å². The quantitative estimate of drug-likeness (QED) is 0.713. The molecule has 7 nitrogen and oxygen atoms in total. The summed E-state index contributed by atoms with van der Waals surface area (Å²) in [6, 6.07) is 7.25. The number of carbonyl (C=O) groups is 1. The van der Waals surface area contributed by atoms with Crippen molar-refractivity contribution >= 4 is 11.9 Å². The van der Waals surface area contributed by atoms with E-state index in [1.54, 1.807) is 25.6 Å². The fourth-order valence-corrected chi connectivity index (χ4v) is 1.75. The van der Waals surface area contributed by atoms with Crippen molar-refractivity contribution in [1.82, 2.24) is 20.3 Å². The minimum atomic E-state index is -0.223. The second-order valence-electron chi connectivity index (χ2n) is 4.54. The van der Waals surface area contributed by atoms with Gasteiger partial charge in [0.15, 0.2) is 0 Å². The Morgan fingerprint density at radius 2 is 2.14 bits per heavy atom. The van der Waals surface area contributed by atoms with E-state index >= 15 is 0 Å². The van der Waals surface area contributed by atoms with E-state index in [-0.39, 0.29) is 5.91 Å². The maximum atomic E-state index is 12.0. The summed E-state index contributed by atoms with van der Waals surface area (Å²) in [4.78, 5) is 24.4. The summed E-state index contributed by atoms with van der Waals surface area (Å²) in [5, 5.41) is 5.83. The lowest BCUT2D eigenvalue weighted by Gasteiger charge is -2.07. The molecule has 0 aliphatic rings. The van der Waals surface area contributed by atoms with Crippen LogP contribution < -0.4 is 10.6 Å². The molecule has 1 amide bonds. The highest BCUT2D eigenvalue weighted by molar-refractivity contribution is 5.92. The number of methoxy groups -OCH3 is 1. The zero-order valence-corrected chi connectivity index (χ0v) is 12.5. The molecule has 2 heterocycles. The Hall–Kier alpha value is -2.54. The van der Waals surface area contributed by atoms with Gasteiger partial charge in [-0.2, -0.15) is 0 Å². The Bertz CT molecular complexity index is 591. The fraction of sp³-hybridized carbons (Fsp3) is 0.333. The molecule has 0 atom stereocenters. The van der Waals surface area contributed by atoms with E-state index in [4.69, 9.17) is 4.74 Å². The van der Waals surface area contributed by atoms with Crippen LogP contribution in [0.2, 0.25) is 0 Å². The molecule has 0 saturated carbocycles. The van der Waals surface area contributed by atoms with Crippen molar-refractivity contribution < 1.29 is 9.53 Å². The molecule has 0 saturated heterocycles. The maximum absolute atomic E-state index is 12.0. The van der Waals surface area contributed by atoms with E-state index in [9.17, 15) is 4.79 Å². The lowest BCUT2D eigenvalue weighted by atomic mass is 10.3. The Morgan fingerprint density at radius 1 is 1.23 bits per heavy atom. The van der Waals surface area contributed by atoms with Crippen molar-refractivity contribution in [3.05, 3.63) is 48.0 Å². The third-order valence-electron chi connectivity index (χ3n) is 2.85. The van der Waals surface area contributed by atoms with Crippen molar-refractivity contribution in [3.8, 4) is 0 Å². The summed E-state index contributed by atoms with van der Waals surface area (Å²) in [5.74, 6) is 0.176. The number of pyridine rings is 1. The zero-order valence-electron chi connectivity index (χ0n) is 12.5. The van der Waals surface area contributed by atoms with Crippen LogP contribution in [-0.4, -0.2) is 41.1 Å². The molecule has 0 bridgehead atoms. The van der Waals surface area contributed by atoms with Gasteiger partial charge >= 0.3 is 0 Å². The van der Waals surface area contributed by atoms with E-state index in [1.807, 2.05) is 18.2 Å². The molecule has 2 N–H and O–H groups in total. The first-order chi connectivity index (χ1) is 10.8. The van der Waals surface area contributed by atoms with Gasteiger partial charge in [0, 0.05) is 32.7 Å². The van der Waals surface area contributed by atoms with Crippen molar-refractivity contribution in [2.45, 2.75) is 13.0 Å². The Balaban J connectivity index is 1.87. The first kappa shape index (κ1) is 15.8. The summed E-state index contributed by atoms with van der Waals surface area (Å²) in [6.07, 6.45) is 4.04. The number of nitrogens with one attached hydrogen (secondary N) is 2. The number of aromatic nitrogens is 3. The number of amides is 1. The molecule has 7 heteroatoms. The molecule has 116 valence electrons. The number of hydrogen-bond acceptors (Lipinski definition) is 6. The molecule has 2 aromatic heterocycles. The van der Waals surface area contributed by atoms with E-state index < -0.39 is 0 Å². The molecule has 0 fully saturated rings. The third kappa shape index (κ3) is 5.10. The highest BCUT2D eigenvalue weighted by atomic mass is 16.5. The van der Waals surface area contributed by atoms with Gasteiger partial charge < -0.3 is 15.4 Å². The predicted molar refractivity (Wildman–Crippen MR) is 82.4 cm³/mol. The van der Waals surface area contributed by atoms with Gasteiger partial charge in [0.05, 0.1) is 12.2 Å². The predicted octanol–water partition coefficient (Wildman–Crippen LogP) is 1.25. The van der Waals surface area contributed by atoms with Crippen molar-refractivity contribution in [2.75, 3.05) is 25.6 Å². The number of hydrogen-bond donors (Lipinski definition) is 2. The van der Waals surface area contributed by atoms with Crippen LogP contribution in [0.15, 0.2) is 36.7 Å². The van der Waals surface area contributed by atoms with Gasteiger partial charge in [0.2, 0.25) is 5.95 Å². The van der Waals surface area contributed by atoms with Crippen molar-refractivity contribution in [1.29, 1.82) is 0 Å². The van der Waals surface area contributed by atoms with Crippen LogP contribution in [0.1, 0.15) is 22.6 Å². The average Bonchev–Trinajstić information content (AvgIpc) is 2.58. The minimum Gasteiger partial charge on any atom is -0.385 e. The Morgan fingerprint density at radius 3 is 2.91 bits per heavy atom. The second kappa shape index (κ2) is 8.68. The maximum Gasteiger partial charge on any atom is 0.270 e. The molecule has 0 radical (unpaired) electrons. The molecule has 22 heavy (non-hydrogen) atoms. The molecule has 2 rings (SSSR count). The fourth-order valence-electron chi connectivity index (χ4n) is 1.75. The largest absolute Gasteiger partial charge is 0.385 e.